The van der Waals surface area contributed by atoms with E-state index in [-0.39, 0.29) is 25.7 Å². The first-order valence-electron chi connectivity index (χ1n) is 9.80. The Balaban J connectivity index is 0. The third-order valence-corrected chi connectivity index (χ3v) is 4.63. The van der Waals surface area contributed by atoms with Gasteiger partial charge in [0, 0.05) is 6.54 Å². The fraction of sp³-hybridized carbons (Fsp3) is 0.889. The molecule has 0 bridgehead atoms. The molecule has 0 aliphatic carbocycles. The summed E-state index contributed by atoms with van der Waals surface area (Å²) in [5.41, 5.74) is -0.626. The third kappa shape index (κ3) is 13.6. The smallest absolute Gasteiger partial charge is 0.407 e. The standard InChI is InChI=1S/C18H37N2O7P.Fm/c1-7-9-15(10-8-2)13-25-16(21)14(3)20(28(23)24)26-12-11-19-17(22)27-18(4,5)6;/h14-15,28H,7-13H2,1-6H3,(H,19,22)(H,23,24);/t14-;/m0./s1. The summed E-state index contributed by atoms with van der Waals surface area (Å²) in [6.07, 6.45) is 3.31. The normalized spacial score (nSPS) is 13.6. The summed E-state index contributed by atoms with van der Waals surface area (Å²) in [5, 5.41) is 2.47. The zero-order valence-corrected chi connectivity index (χ0v) is 21.6. The van der Waals surface area contributed by atoms with E-state index < -0.39 is 31.9 Å². The molecule has 0 saturated carbocycles. The Bertz CT molecular complexity index is 497. The van der Waals surface area contributed by atoms with Gasteiger partial charge in [0.15, 0.2) is 0 Å². The van der Waals surface area contributed by atoms with E-state index in [2.05, 4.69) is 19.2 Å². The Hall–Kier alpha value is -2.15. The van der Waals surface area contributed by atoms with E-state index in [4.69, 9.17) is 14.3 Å². The molecule has 2 atom stereocenters. The van der Waals surface area contributed by atoms with Crippen molar-refractivity contribution in [3.63, 3.8) is 0 Å². The van der Waals surface area contributed by atoms with Crippen molar-refractivity contribution in [2.24, 2.45) is 5.92 Å². The van der Waals surface area contributed by atoms with Gasteiger partial charge in [-0.25, -0.2) is 4.79 Å². The monoisotopic (exact) mass is 681 g/mol. The number of carbonyl (C=O) groups excluding carboxylic acids is 2. The second kappa shape index (κ2) is 14.8. The van der Waals surface area contributed by atoms with E-state index in [0.29, 0.717) is 0 Å². The van der Waals surface area contributed by atoms with Crippen LogP contribution in [0.5, 0.6) is 0 Å². The van der Waals surface area contributed by atoms with E-state index in [1.165, 1.54) is 6.92 Å². The van der Waals surface area contributed by atoms with E-state index >= 15 is 0 Å². The molecule has 0 aliphatic heterocycles. The first-order valence-corrected chi connectivity index (χ1v) is 11.1. The van der Waals surface area contributed by atoms with Crippen molar-refractivity contribution in [2.75, 3.05) is 19.8 Å². The first kappa shape index (κ1) is 29.1. The molecule has 11 heteroatoms. The molecule has 9 nitrogen and oxygen atoms in total. The van der Waals surface area contributed by atoms with Gasteiger partial charge in [-0.3, -0.25) is 14.2 Å². The molecule has 0 saturated heterocycles. The van der Waals surface area contributed by atoms with Gasteiger partial charge in [0.2, 0.25) is 0 Å². The van der Waals surface area contributed by atoms with Crippen molar-refractivity contribution in [3.8, 4) is 0 Å². The molecule has 178 valence electrons. The van der Waals surface area contributed by atoms with Gasteiger partial charge < -0.3 is 19.7 Å². The van der Waals surface area contributed by atoms with Crippen LogP contribution in [0.3, 0.4) is 0 Å². The molecule has 0 radical (unpaired) electrons. The number of hydroxylamine groups is 1. The maximum atomic E-state index is 12.2. The number of nitrogens with one attached hydrogen (secondary N) is 1. The van der Waals surface area contributed by atoms with Crippen LogP contribution in [0.15, 0.2) is 0 Å². The van der Waals surface area contributed by atoms with Gasteiger partial charge in [0.05, 0.1) is 13.2 Å². The maximum absolute atomic E-state index is 12.2. The molecule has 0 aromatic carbocycles. The number of carbonyl (C=O) groups is 2. The van der Waals surface area contributed by atoms with Gasteiger partial charge in [-0.1, -0.05) is 26.7 Å². The number of hydrogen-bond donors (Lipinski definition) is 2. The van der Waals surface area contributed by atoms with Crippen molar-refractivity contribution < 1.29 is 33.4 Å². The van der Waals surface area contributed by atoms with Crippen molar-refractivity contribution in [3.05, 3.63) is 0 Å². The second-order valence-corrected chi connectivity index (χ2v) is 8.63. The molecular weight excluding hydrogens is 644 g/mol. The predicted molar refractivity (Wildman–Crippen MR) is 107 cm³/mol. The first-order chi connectivity index (χ1) is 13.0. The topological polar surface area (TPSA) is 114 Å². The Morgan fingerprint density at radius 1 is 1.17 bits per heavy atom. The average molecular weight is 681 g/mol. The molecule has 0 spiro atoms. The second-order valence-electron chi connectivity index (χ2n) is 7.62. The van der Waals surface area contributed by atoms with Crippen molar-refractivity contribution in [2.45, 2.75) is 78.9 Å². The molecule has 0 rings (SSSR count). The van der Waals surface area contributed by atoms with Gasteiger partial charge in [-0.05, 0) is 46.5 Å². The third-order valence-electron chi connectivity index (χ3n) is 3.74. The minimum atomic E-state index is -3.29. The maximum Gasteiger partial charge on any atom is 0.407 e. The molecule has 2 N–H and O–H groups in total. The molecule has 0 heterocycles. The van der Waals surface area contributed by atoms with E-state index in [1.807, 2.05) is 0 Å². The molecule has 0 aromatic heterocycles. The quantitative estimate of drug-likeness (QED) is 0.132. The number of hydrogen-bond acceptors (Lipinski definition) is 6. The summed E-state index contributed by atoms with van der Waals surface area (Å²) < 4.78 is 22.0. The van der Waals surface area contributed by atoms with Crippen LogP contribution >= 0.6 is 8.18 Å². The molecule has 29 heavy (non-hydrogen) atoms. The number of alkyl carbamates (subject to hydrolysis) is 1. The summed E-state index contributed by atoms with van der Waals surface area (Å²) in [7, 11) is -3.29. The van der Waals surface area contributed by atoms with Crippen LogP contribution < -0.4 is 5.32 Å². The van der Waals surface area contributed by atoms with Crippen molar-refractivity contribution in [1.82, 2.24) is 10.2 Å². The number of esters is 1. The van der Waals surface area contributed by atoms with E-state index in [9.17, 15) is 19.0 Å². The van der Waals surface area contributed by atoms with Crippen LogP contribution in [-0.4, -0.2) is 53.2 Å². The predicted octanol–water partition coefficient (Wildman–Crippen LogP) is 3.27. The summed E-state index contributed by atoms with van der Waals surface area (Å²) in [6.45, 7) is 11.0. The van der Waals surface area contributed by atoms with Gasteiger partial charge in [-0.15, -0.1) is 4.83 Å². The van der Waals surface area contributed by atoms with Crippen LogP contribution in [-0.2, 0) is 23.7 Å². The number of amides is 1. The van der Waals surface area contributed by atoms with Gasteiger partial charge >= 0.3 is 12.1 Å². The fourth-order valence-corrected chi connectivity index (χ4v) is 3.13. The zero-order valence-electron chi connectivity index (χ0n) is 18.2. The Morgan fingerprint density at radius 3 is 2.17 bits per heavy atom. The summed E-state index contributed by atoms with van der Waals surface area (Å²) in [6, 6.07) is -1.04. The Kier molecular flexibility index (Phi) is 14.8. The molecular formula is C18H37FmN2O7P. The number of rotatable bonds is 13. The fourth-order valence-electron chi connectivity index (χ4n) is 2.49. The minimum Gasteiger partial charge on any atom is -0.464 e. The van der Waals surface area contributed by atoms with Crippen molar-refractivity contribution >= 4 is 20.2 Å². The van der Waals surface area contributed by atoms with Crippen LogP contribution in [0, 0.1) is 5.92 Å². The van der Waals surface area contributed by atoms with Crippen LogP contribution in [0.2, 0.25) is 0 Å². The molecule has 0 aliphatic rings. The summed E-state index contributed by atoms with van der Waals surface area (Å²) >= 11 is 0. The molecule has 1 unspecified atom stereocenters. The summed E-state index contributed by atoms with van der Waals surface area (Å²) in [4.78, 5) is 39.2. The molecule has 0 fully saturated rings. The average Bonchev–Trinajstić information content (AvgIpc) is 2.57. The Labute approximate surface area is 169 Å². The minimum absolute atomic E-state index is 0. The summed E-state index contributed by atoms with van der Waals surface area (Å²) in [5.74, 6) is -0.339. The van der Waals surface area contributed by atoms with Gasteiger partial charge in [0.1, 0.15) is 11.6 Å². The zero-order chi connectivity index (χ0) is 21.7. The number of ether oxygens (including phenoxy) is 2. The largest absolute Gasteiger partial charge is 0.464 e. The van der Waals surface area contributed by atoms with Crippen molar-refractivity contribution in [1.29, 1.82) is 0 Å². The Morgan fingerprint density at radius 2 is 1.72 bits per heavy atom. The molecule has 1 amide bonds. The van der Waals surface area contributed by atoms with Crippen LogP contribution in [0.25, 0.3) is 0 Å². The SMILES string of the molecule is CCCC(CCC)COC(=O)[C@H](C)N(OCCNC(=O)OC(C)(C)C)[PH](=O)O.[Fm]. The van der Waals surface area contributed by atoms with Crippen LogP contribution in [0.4, 0.5) is 4.79 Å². The van der Waals surface area contributed by atoms with Gasteiger partial charge in [-0.2, -0.15) is 0 Å². The number of nitrogens with zero attached hydrogens (tertiary/aromatic N) is 1. The molecule has 0 aromatic rings. The van der Waals surface area contributed by atoms with E-state index in [0.717, 1.165) is 30.5 Å². The van der Waals surface area contributed by atoms with E-state index in [1.54, 1.807) is 20.8 Å². The van der Waals surface area contributed by atoms with Gasteiger partial charge in [0.25, 0.3) is 8.18 Å². The van der Waals surface area contributed by atoms with Crippen LogP contribution in [0.1, 0.15) is 67.2 Å².